The quantitative estimate of drug-likeness (QED) is 0.880. The molecule has 2 N–H and O–H groups in total. The fourth-order valence-electron chi connectivity index (χ4n) is 2.33. The molecule has 0 bridgehead atoms. The summed E-state index contributed by atoms with van der Waals surface area (Å²) in [4.78, 5) is 14.7. The molecule has 0 aromatic carbocycles. The van der Waals surface area contributed by atoms with Crippen LogP contribution in [-0.2, 0) is 0 Å². The van der Waals surface area contributed by atoms with Gasteiger partial charge in [-0.3, -0.25) is 0 Å². The van der Waals surface area contributed by atoms with E-state index in [0.717, 1.165) is 40.3 Å². The van der Waals surface area contributed by atoms with E-state index in [1.54, 1.807) is 11.3 Å². The standard InChI is InChI=1S/C15H23N5S/c1-7-16-14-8(2)15(20-11(5)19-14)18-10(4)13-9(3)17-12(6)21-13/h10H,7H2,1-6H3,(H2,16,18,19,20). The summed E-state index contributed by atoms with van der Waals surface area (Å²) in [5, 5.41) is 7.88. The third kappa shape index (κ3) is 3.50. The number of hydrogen-bond donors (Lipinski definition) is 2. The summed E-state index contributed by atoms with van der Waals surface area (Å²) in [6.07, 6.45) is 0. The van der Waals surface area contributed by atoms with Gasteiger partial charge in [-0.1, -0.05) is 0 Å². The predicted octanol–water partition coefficient (Wildman–Crippen LogP) is 3.77. The van der Waals surface area contributed by atoms with Gasteiger partial charge in [-0.25, -0.2) is 15.0 Å². The summed E-state index contributed by atoms with van der Waals surface area (Å²) in [7, 11) is 0. The Hall–Kier alpha value is -1.69. The fourth-order valence-corrected chi connectivity index (χ4v) is 3.26. The number of aryl methyl sites for hydroxylation is 3. The highest BCUT2D eigenvalue weighted by Crippen LogP contribution is 2.29. The van der Waals surface area contributed by atoms with E-state index in [2.05, 4.69) is 46.4 Å². The van der Waals surface area contributed by atoms with E-state index in [4.69, 9.17) is 0 Å². The lowest BCUT2D eigenvalue weighted by atomic mass is 10.2. The van der Waals surface area contributed by atoms with Crippen molar-refractivity contribution in [2.75, 3.05) is 17.2 Å². The maximum atomic E-state index is 4.54. The van der Waals surface area contributed by atoms with Crippen LogP contribution in [0.1, 0.15) is 46.9 Å². The molecule has 5 nitrogen and oxygen atoms in total. The Labute approximate surface area is 130 Å². The van der Waals surface area contributed by atoms with Crippen LogP contribution in [0.4, 0.5) is 11.6 Å². The van der Waals surface area contributed by atoms with Gasteiger partial charge in [0.25, 0.3) is 0 Å². The minimum atomic E-state index is 0.179. The number of aromatic nitrogens is 3. The minimum Gasteiger partial charge on any atom is -0.370 e. The summed E-state index contributed by atoms with van der Waals surface area (Å²) in [6.45, 7) is 13.1. The third-order valence-corrected chi connectivity index (χ3v) is 4.54. The third-order valence-electron chi connectivity index (χ3n) is 3.29. The summed E-state index contributed by atoms with van der Waals surface area (Å²) < 4.78 is 0. The number of thiazole rings is 1. The van der Waals surface area contributed by atoms with Crippen LogP contribution in [0.15, 0.2) is 0 Å². The van der Waals surface area contributed by atoms with Crippen molar-refractivity contribution in [2.45, 2.75) is 47.6 Å². The second kappa shape index (κ2) is 6.39. The van der Waals surface area contributed by atoms with Crippen LogP contribution in [0.2, 0.25) is 0 Å². The largest absolute Gasteiger partial charge is 0.370 e. The van der Waals surface area contributed by atoms with E-state index in [-0.39, 0.29) is 6.04 Å². The molecule has 2 rings (SSSR count). The van der Waals surface area contributed by atoms with Crippen molar-refractivity contribution < 1.29 is 0 Å². The van der Waals surface area contributed by atoms with Crippen molar-refractivity contribution in [3.05, 3.63) is 27.0 Å². The van der Waals surface area contributed by atoms with Gasteiger partial charge in [0.15, 0.2) is 0 Å². The van der Waals surface area contributed by atoms with Crippen molar-refractivity contribution in [3.63, 3.8) is 0 Å². The highest BCUT2D eigenvalue weighted by Gasteiger charge is 2.16. The molecule has 0 aliphatic rings. The number of hydrogen-bond acceptors (Lipinski definition) is 6. The molecule has 1 unspecified atom stereocenters. The van der Waals surface area contributed by atoms with Gasteiger partial charge in [0.2, 0.25) is 0 Å². The van der Waals surface area contributed by atoms with E-state index >= 15 is 0 Å². The summed E-state index contributed by atoms with van der Waals surface area (Å²) in [5.74, 6) is 2.55. The number of anilines is 2. The zero-order valence-corrected chi connectivity index (χ0v) is 14.4. The van der Waals surface area contributed by atoms with Gasteiger partial charge in [-0.2, -0.15) is 0 Å². The molecule has 0 radical (unpaired) electrons. The van der Waals surface area contributed by atoms with Gasteiger partial charge in [-0.05, 0) is 41.5 Å². The summed E-state index contributed by atoms with van der Waals surface area (Å²) >= 11 is 1.73. The topological polar surface area (TPSA) is 62.7 Å². The molecule has 0 aliphatic heterocycles. The van der Waals surface area contributed by atoms with Gasteiger partial charge in [-0.15, -0.1) is 11.3 Å². The Morgan fingerprint density at radius 3 is 2.29 bits per heavy atom. The molecule has 6 heteroatoms. The number of rotatable bonds is 5. The molecule has 0 aliphatic carbocycles. The Kier molecular flexibility index (Phi) is 4.77. The van der Waals surface area contributed by atoms with Crippen molar-refractivity contribution >= 4 is 23.0 Å². The van der Waals surface area contributed by atoms with Gasteiger partial charge >= 0.3 is 0 Å². The maximum absolute atomic E-state index is 4.54. The van der Waals surface area contributed by atoms with Gasteiger partial charge in [0.05, 0.1) is 16.7 Å². The Bertz CT molecular complexity index is 635. The van der Waals surface area contributed by atoms with E-state index in [1.165, 1.54) is 4.88 Å². The SMILES string of the molecule is CCNc1nc(C)nc(NC(C)c2sc(C)nc2C)c1C. The molecule has 2 aromatic heterocycles. The van der Waals surface area contributed by atoms with Crippen LogP contribution in [-0.4, -0.2) is 21.5 Å². The molecule has 0 fully saturated rings. The average Bonchev–Trinajstić information content (AvgIpc) is 2.74. The average molecular weight is 305 g/mol. The zero-order chi connectivity index (χ0) is 15.6. The molecule has 0 saturated heterocycles. The lowest BCUT2D eigenvalue weighted by Gasteiger charge is -2.17. The first kappa shape index (κ1) is 15.7. The number of nitrogens with one attached hydrogen (secondary N) is 2. The predicted molar refractivity (Wildman–Crippen MR) is 89.3 cm³/mol. The van der Waals surface area contributed by atoms with Crippen molar-refractivity contribution in [3.8, 4) is 0 Å². The number of nitrogens with zero attached hydrogens (tertiary/aromatic N) is 3. The lowest BCUT2D eigenvalue weighted by molar-refractivity contribution is 0.867. The minimum absolute atomic E-state index is 0.179. The first-order chi connectivity index (χ1) is 9.92. The lowest BCUT2D eigenvalue weighted by Crippen LogP contribution is -2.12. The van der Waals surface area contributed by atoms with Crippen LogP contribution >= 0.6 is 11.3 Å². The summed E-state index contributed by atoms with van der Waals surface area (Å²) in [6, 6.07) is 0.179. The van der Waals surface area contributed by atoms with Gasteiger partial charge in [0, 0.05) is 17.0 Å². The molecule has 1 atom stereocenters. The first-order valence-electron chi connectivity index (χ1n) is 7.22. The second-order valence-corrected chi connectivity index (χ2v) is 6.41. The Morgan fingerprint density at radius 2 is 1.71 bits per heavy atom. The van der Waals surface area contributed by atoms with E-state index in [9.17, 15) is 0 Å². The van der Waals surface area contributed by atoms with Crippen LogP contribution in [0.5, 0.6) is 0 Å². The van der Waals surface area contributed by atoms with Crippen molar-refractivity contribution in [1.82, 2.24) is 15.0 Å². The van der Waals surface area contributed by atoms with Crippen LogP contribution in [0, 0.1) is 27.7 Å². The molecule has 2 heterocycles. The second-order valence-electron chi connectivity index (χ2n) is 5.17. The first-order valence-corrected chi connectivity index (χ1v) is 8.03. The zero-order valence-electron chi connectivity index (χ0n) is 13.5. The molecule has 0 amide bonds. The highest BCUT2D eigenvalue weighted by molar-refractivity contribution is 7.11. The van der Waals surface area contributed by atoms with E-state index in [0.29, 0.717) is 0 Å². The maximum Gasteiger partial charge on any atom is 0.135 e. The fraction of sp³-hybridized carbons (Fsp3) is 0.533. The smallest absolute Gasteiger partial charge is 0.135 e. The van der Waals surface area contributed by atoms with Gasteiger partial charge in [0.1, 0.15) is 17.5 Å². The monoisotopic (exact) mass is 305 g/mol. The molecule has 0 spiro atoms. The highest BCUT2D eigenvalue weighted by atomic mass is 32.1. The molecule has 114 valence electrons. The molecule has 2 aromatic rings. The Morgan fingerprint density at radius 1 is 1.05 bits per heavy atom. The summed E-state index contributed by atoms with van der Waals surface area (Å²) in [5.41, 5.74) is 2.14. The van der Waals surface area contributed by atoms with Crippen molar-refractivity contribution in [1.29, 1.82) is 0 Å². The van der Waals surface area contributed by atoms with Crippen molar-refractivity contribution in [2.24, 2.45) is 0 Å². The molecule has 21 heavy (non-hydrogen) atoms. The van der Waals surface area contributed by atoms with Gasteiger partial charge < -0.3 is 10.6 Å². The van der Waals surface area contributed by atoms with Crippen LogP contribution in [0.25, 0.3) is 0 Å². The Balaban J connectivity index is 2.28. The molecular weight excluding hydrogens is 282 g/mol. The normalized spacial score (nSPS) is 12.3. The van der Waals surface area contributed by atoms with Crippen LogP contribution in [0.3, 0.4) is 0 Å². The molecular formula is C15H23N5S. The van der Waals surface area contributed by atoms with Crippen LogP contribution < -0.4 is 10.6 Å². The molecule has 0 saturated carbocycles. The van der Waals surface area contributed by atoms with E-state index < -0.39 is 0 Å². The van der Waals surface area contributed by atoms with E-state index in [1.807, 2.05) is 20.8 Å².